The van der Waals surface area contributed by atoms with Crippen LogP contribution in [0.4, 0.5) is 13.2 Å². The molecule has 2 atom stereocenters. The van der Waals surface area contributed by atoms with E-state index in [-0.39, 0.29) is 30.1 Å². The van der Waals surface area contributed by atoms with Gasteiger partial charge in [-0.2, -0.15) is 13.2 Å². The summed E-state index contributed by atoms with van der Waals surface area (Å²) in [4.78, 5) is 12.5. The molecule has 0 radical (unpaired) electrons. The highest BCUT2D eigenvalue weighted by molar-refractivity contribution is 5.94. The zero-order valence-electron chi connectivity index (χ0n) is 15.3. The maximum Gasteiger partial charge on any atom is 0.416 e. The number of piperidine rings is 1. The van der Waals surface area contributed by atoms with Crippen molar-refractivity contribution in [2.45, 2.75) is 38.0 Å². The summed E-state index contributed by atoms with van der Waals surface area (Å²) >= 11 is 0. The smallest absolute Gasteiger partial charge is 0.416 e. The summed E-state index contributed by atoms with van der Waals surface area (Å²) in [5.74, 6) is 0.152. The molecule has 1 aliphatic rings. The predicted octanol–water partition coefficient (Wildman–Crippen LogP) is 4.79. The van der Waals surface area contributed by atoms with Crippen LogP contribution in [-0.2, 0) is 6.18 Å². The molecular formula is C20H22ClF3N2O2. The molecule has 1 heterocycles. The van der Waals surface area contributed by atoms with Crippen molar-refractivity contribution in [3.8, 4) is 11.5 Å². The van der Waals surface area contributed by atoms with Gasteiger partial charge in [-0.05, 0) is 62.7 Å². The van der Waals surface area contributed by atoms with E-state index in [4.69, 9.17) is 4.74 Å². The fraction of sp³-hybridized carbons (Fsp3) is 0.350. The number of hydrogen-bond donors (Lipinski definition) is 2. The average Bonchev–Trinajstić information content (AvgIpc) is 2.61. The van der Waals surface area contributed by atoms with Crippen LogP contribution in [0.2, 0.25) is 0 Å². The first kappa shape index (κ1) is 22.0. The third-order valence-corrected chi connectivity index (χ3v) is 4.45. The van der Waals surface area contributed by atoms with Crippen LogP contribution >= 0.6 is 12.4 Å². The van der Waals surface area contributed by atoms with Crippen molar-refractivity contribution in [1.29, 1.82) is 0 Å². The highest BCUT2D eigenvalue weighted by atomic mass is 35.5. The lowest BCUT2D eigenvalue weighted by molar-refractivity contribution is -0.137. The molecule has 28 heavy (non-hydrogen) atoms. The number of alkyl halides is 3. The van der Waals surface area contributed by atoms with Gasteiger partial charge in [0.1, 0.15) is 11.5 Å². The molecule has 1 saturated heterocycles. The summed E-state index contributed by atoms with van der Waals surface area (Å²) in [6.07, 6.45) is -2.73. The number of rotatable bonds is 4. The van der Waals surface area contributed by atoms with Crippen molar-refractivity contribution in [2.24, 2.45) is 0 Å². The molecule has 152 valence electrons. The molecule has 2 unspecified atom stereocenters. The van der Waals surface area contributed by atoms with E-state index in [1.54, 1.807) is 18.2 Å². The second kappa shape index (κ2) is 9.30. The molecule has 0 spiro atoms. The molecule has 2 N–H and O–H groups in total. The standard InChI is InChI=1S/C20H21F3N2O2.ClH/c1-13-10-16(8-9-24-13)25-19(26)14-4-2-6-17(11-14)27-18-7-3-5-15(12-18)20(21,22)23;/h2-7,11-13,16,24H,8-10H2,1H3,(H,25,26);1H. The largest absolute Gasteiger partial charge is 0.457 e. The normalized spacial score (nSPS) is 19.4. The Labute approximate surface area is 167 Å². The van der Waals surface area contributed by atoms with Gasteiger partial charge in [-0.25, -0.2) is 0 Å². The predicted molar refractivity (Wildman–Crippen MR) is 103 cm³/mol. The molecule has 0 aromatic heterocycles. The molecule has 1 amide bonds. The van der Waals surface area contributed by atoms with Crippen molar-refractivity contribution in [1.82, 2.24) is 10.6 Å². The number of halogens is 4. The monoisotopic (exact) mass is 414 g/mol. The number of carbonyl (C=O) groups excluding carboxylic acids is 1. The van der Waals surface area contributed by atoms with Crippen LogP contribution in [0.25, 0.3) is 0 Å². The lowest BCUT2D eigenvalue weighted by atomic mass is 10.0. The summed E-state index contributed by atoms with van der Waals surface area (Å²) in [5.41, 5.74) is -0.375. The Balaban J connectivity index is 0.00000280. The van der Waals surface area contributed by atoms with Crippen molar-refractivity contribution >= 4 is 18.3 Å². The summed E-state index contributed by atoms with van der Waals surface area (Å²) in [6.45, 7) is 2.92. The van der Waals surface area contributed by atoms with Gasteiger partial charge in [-0.3, -0.25) is 4.79 Å². The average molecular weight is 415 g/mol. The van der Waals surface area contributed by atoms with Crippen LogP contribution < -0.4 is 15.4 Å². The first-order chi connectivity index (χ1) is 12.8. The first-order valence-electron chi connectivity index (χ1n) is 8.81. The maximum atomic E-state index is 12.8. The lowest BCUT2D eigenvalue weighted by Gasteiger charge is -2.28. The van der Waals surface area contributed by atoms with E-state index in [0.717, 1.165) is 31.5 Å². The number of amides is 1. The van der Waals surface area contributed by atoms with Crippen LogP contribution in [0.15, 0.2) is 48.5 Å². The van der Waals surface area contributed by atoms with E-state index in [1.165, 1.54) is 18.2 Å². The van der Waals surface area contributed by atoms with Gasteiger partial charge in [0.25, 0.3) is 5.91 Å². The molecule has 0 saturated carbocycles. The molecular weight excluding hydrogens is 393 g/mol. The highest BCUT2D eigenvalue weighted by Crippen LogP contribution is 2.32. The third-order valence-electron chi connectivity index (χ3n) is 4.45. The van der Waals surface area contributed by atoms with Gasteiger partial charge >= 0.3 is 6.18 Å². The van der Waals surface area contributed by atoms with Crippen LogP contribution in [0.3, 0.4) is 0 Å². The molecule has 0 bridgehead atoms. The first-order valence-corrected chi connectivity index (χ1v) is 8.81. The summed E-state index contributed by atoms with van der Waals surface area (Å²) in [6, 6.07) is 11.5. The zero-order chi connectivity index (χ0) is 19.4. The van der Waals surface area contributed by atoms with Crippen LogP contribution in [0, 0.1) is 0 Å². The molecule has 0 aliphatic carbocycles. The summed E-state index contributed by atoms with van der Waals surface area (Å²) in [7, 11) is 0. The van der Waals surface area contributed by atoms with Gasteiger partial charge in [0.2, 0.25) is 0 Å². The topological polar surface area (TPSA) is 50.4 Å². The summed E-state index contributed by atoms with van der Waals surface area (Å²) < 4.78 is 44.0. The van der Waals surface area contributed by atoms with Gasteiger partial charge in [-0.1, -0.05) is 12.1 Å². The van der Waals surface area contributed by atoms with Crippen LogP contribution in [0.1, 0.15) is 35.7 Å². The van der Waals surface area contributed by atoms with Gasteiger partial charge in [0, 0.05) is 17.6 Å². The molecule has 3 rings (SSSR count). The number of benzene rings is 2. The Bertz CT molecular complexity index is 814. The Kier molecular flexibility index (Phi) is 7.32. The molecule has 8 heteroatoms. The van der Waals surface area contributed by atoms with Crippen molar-refractivity contribution < 1.29 is 22.7 Å². The van der Waals surface area contributed by atoms with Gasteiger partial charge < -0.3 is 15.4 Å². The van der Waals surface area contributed by atoms with E-state index < -0.39 is 11.7 Å². The Morgan fingerprint density at radius 1 is 1.14 bits per heavy atom. The quantitative estimate of drug-likeness (QED) is 0.756. The highest BCUT2D eigenvalue weighted by Gasteiger charge is 2.30. The minimum absolute atomic E-state index is 0. The number of hydrogen-bond acceptors (Lipinski definition) is 3. The van der Waals surface area contributed by atoms with Crippen molar-refractivity contribution in [2.75, 3.05) is 6.54 Å². The van der Waals surface area contributed by atoms with E-state index in [0.29, 0.717) is 17.4 Å². The van der Waals surface area contributed by atoms with Gasteiger partial charge in [-0.15, -0.1) is 12.4 Å². The Morgan fingerprint density at radius 3 is 2.50 bits per heavy atom. The van der Waals surface area contributed by atoms with E-state index in [2.05, 4.69) is 17.6 Å². The van der Waals surface area contributed by atoms with Crippen molar-refractivity contribution in [3.05, 3.63) is 59.7 Å². The molecule has 2 aromatic rings. The second-order valence-electron chi connectivity index (χ2n) is 6.71. The zero-order valence-corrected chi connectivity index (χ0v) is 16.1. The second-order valence-corrected chi connectivity index (χ2v) is 6.71. The summed E-state index contributed by atoms with van der Waals surface area (Å²) in [5, 5.41) is 6.33. The van der Waals surface area contributed by atoms with Crippen LogP contribution in [0.5, 0.6) is 11.5 Å². The number of carbonyl (C=O) groups is 1. The SMILES string of the molecule is CC1CC(NC(=O)c2cccc(Oc3cccc(C(F)(F)F)c3)c2)CCN1.Cl. The minimum atomic E-state index is -4.44. The fourth-order valence-electron chi connectivity index (χ4n) is 3.10. The van der Waals surface area contributed by atoms with Gasteiger partial charge in [0.15, 0.2) is 0 Å². The van der Waals surface area contributed by atoms with E-state index in [9.17, 15) is 18.0 Å². The molecule has 2 aromatic carbocycles. The van der Waals surface area contributed by atoms with Crippen LogP contribution in [-0.4, -0.2) is 24.5 Å². The number of nitrogens with one attached hydrogen (secondary N) is 2. The Hall–Kier alpha value is -2.25. The van der Waals surface area contributed by atoms with E-state index >= 15 is 0 Å². The maximum absolute atomic E-state index is 12.8. The van der Waals surface area contributed by atoms with Crippen molar-refractivity contribution in [3.63, 3.8) is 0 Å². The number of ether oxygens (including phenoxy) is 1. The third kappa shape index (κ3) is 5.87. The molecule has 4 nitrogen and oxygen atoms in total. The molecule has 1 fully saturated rings. The lowest BCUT2D eigenvalue weighted by Crippen LogP contribution is -2.46. The molecule has 1 aliphatic heterocycles. The Morgan fingerprint density at radius 2 is 1.82 bits per heavy atom. The van der Waals surface area contributed by atoms with E-state index in [1.807, 2.05) is 0 Å². The fourth-order valence-corrected chi connectivity index (χ4v) is 3.10. The minimum Gasteiger partial charge on any atom is -0.457 e. The van der Waals surface area contributed by atoms with Gasteiger partial charge in [0.05, 0.1) is 5.56 Å².